The number of ether oxygens (including phenoxy) is 1. The van der Waals surface area contributed by atoms with Gasteiger partial charge in [0.2, 0.25) is 21.7 Å². The van der Waals surface area contributed by atoms with Crippen LogP contribution in [-0.2, 0) is 16.6 Å². The predicted molar refractivity (Wildman–Crippen MR) is 119 cm³/mol. The van der Waals surface area contributed by atoms with Crippen molar-refractivity contribution in [3.05, 3.63) is 54.4 Å². The summed E-state index contributed by atoms with van der Waals surface area (Å²) in [5.41, 5.74) is 1.94. The molecule has 0 fully saturated rings. The van der Waals surface area contributed by atoms with Crippen LogP contribution in [0.3, 0.4) is 0 Å². The van der Waals surface area contributed by atoms with E-state index >= 15 is 0 Å². The second-order valence-electron chi connectivity index (χ2n) is 6.33. The van der Waals surface area contributed by atoms with Crippen LogP contribution in [0.25, 0.3) is 11.4 Å². The van der Waals surface area contributed by atoms with Gasteiger partial charge in [-0.05, 0) is 42.5 Å². The van der Waals surface area contributed by atoms with Crippen LogP contribution in [0.4, 0.5) is 11.4 Å². The Kier molecular flexibility index (Phi) is 6.53. The SMILES string of the molecule is COc1cccc(-c2noc(CNC(=S)Nc3cccc(N(C)S(C)(=O)=O)c3)n2)c1. The molecule has 1 aromatic heterocycles. The van der Waals surface area contributed by atoms with Gasteiger partial charge in [-0.15, -0.1) is 0 Å². The highest BCUT2D eigenvalue weighted by Crippen LogP contribution is 2.22. The topological polar surface area (TPSA) is 110 Å². The highest BCUT2D eigenvalue weighted by atomic mass is 32.2. The molecule has 3 aromatic rings. The zero-order valence-electron chi connectivity index (χ0n) is 16.6. The largest absolute Gasteiger partial charge is 0.497 e. The third-order valence-electron chi connectivity index (χ3n) is 4.16. The number of nitrogens with zero attached hydrogens (tertiary/aromatic N) is 3. The first-order chi connectivity index (χ1) is 14.3. The molecule has 0 atom stereocenters. The average Bonchev–Trinajstić information content (AvgIpc) is 3.20. The summed E-state index contributed by atoms with van der Waals surface area (Å²) in [6.07, 6.45) is 1.14. The van der Waals surface area contributed by atoms with Crippen molar-refractivity contribution in [2.45, 2.75) is 6.54 Å². The Morgan fingerprint density at radius 2 is 2.00 bits per heavy atom. The van der Waals surface area contributed by atoms with E-state index in [0.29, 0.717) is 34.0 Å². The maximum Gasteiger partial charge on any atom is 0.246 e. The fourth-order valence-electron chi connectivity index (χ4n) is 2.51. The number of anilines is 2. The lowest BCUT2D eigenvalue weighted by atomic mass is 10.2. The first kappa shape index (κ1) is 21.5. The number of aromatic nitrogens is 2. The van der Waals surface area contributed by atoms with E-state index in [1.165, 1.54) is 11.4 Å². The van der Waals surface area contributed by atoms with Crippen LogP contribution in [0.5, 0.6) is 5.75 Å². The molecule has 1 heterocycles. The van der Waals surface area contributed by atoms with Crippen molar-refractivity contribution in [3.8, 4) is 17.1 Å². The summed E-state index contributed by atoms with van der Waals surface area (Å²) in [6, 6.07) is 14.2. The maximum atomic E-state index is 11.7. The Hall–Kier alpha value is -3.18. The predicted octanol–water partition coefficient (Wildman–Crippen LogP) is 2.63. The van der Waals surface area contributed by atoms with Gasteiger partial charge in [-0.3, -0.25) is 4.31 Å². The monoisotopic (exact) mass is 447 g/mol. The van der Waals surface area contributed by atoms with E-state index < -0.39 is 10.0 Å². The molecular formula is C19H21N5O4S2. The molecule has 0 bridgehead atoms. The van der Waals surface area contributed by atoms with Crippen molar-refractivity contribution in [1.82, 2.24) is 15.5 Å². The molecule has 0 unspecified atom stereocenters. The third kappa shape index (κ3) is 5.45. The van der Waals surface area contributed by atoms with Crippen molar-refractivity contribution in [1.29, 1.82) is 0 Å². The molecule has 0 amide bonds. The minimum atomic E-state index is -3.35. The molecule has 0 spiro atoms. The number of rotatable bonds is 7. The highest BCUT2D eigenvalue weighted by Gasteiger charge is 2.13. The molecule has 2 N–H and O–H groups in total. The van der Waals surface area contributed by atoms with E-state index in [1.54, 1.807) is 31.4 Å². The lowest BCUT2D eigenvalue weighted by Gasteiger charge is -2.18. The van der Waals surface area contributed by atoms with Crippen LogP contribution < -0.4 is 19.7 Å². The molecule has 0 aliphatic heterocycles. The summed E-state index contributed by atoms with van der Waals surface area (Å²) in [7, 11) is -0.273. The molecule has 0 saturated carbocycles. The molecule has 0 aliphatic carbocycles. The molecule has 0 radical (unpaired) electrons. The number of thiocarbonyl (C=S) groups is 1. The Labute approximate surface area is 180 Å². The summed E-state index contributed by atoms with van der Waals surface area (Å²) >= 11 is 5.29. The smallest absolute Gasteiger partial charge is 0.246 e. The Morgan fingerprint density at radius 3 is 2.73 bits per heavy atom. The van der Waals surface area contributed by atoms with Crippen LogP contribution in [0.2, 0.25) is 0 Å². The standard InChI is InChI=1S/C19H21N5O4S2/c1-24(30(3,25)26)15-8-5-7-14(11-15)21-19(29)20-12-17-22-18(23-28-17)13-6-4-9-16(10-13)27-2/h4-11H,12H2,1-3H3,(H2,20,21,29). The van der Waals surface area contributed by atoms with Gasteiger partial charge in [0.05, 0.1) is 25.6 Å². The van der Waals surface area contributed by atoms with E-state index in [1.807, 2.05) is 24.3 Å². The molecule has 11 heteroatoms. The van der Waals surface area contributed by atoms with Crippen LogP contribution in [0.1, 0.15) is 5.89 Å². The molecule has 2 aromatic carbocycles. The molecule has 3 rings (SSSR count). The summed E-state index contributed by atoms with van der Waals surface area (Å²) < 4.78 is 35.0. The Morgan fingerprint density at radius 1 is 1.23 bits per heavy atom. The number of benzene rings is 2. The molecule has 0 aliphatic rings. The van der Waals surface area contributed by atoms with E-state index in [2.05, 4.69) is 20.8 Å². The number of hydrogen-bond acceptors (Lipinski definition) is 7. The van der Waals surface area contributed by atoms with Crippen LogP contribution in [0.15, 0.2) is 53.1 Å². The molecule has 30 heavy (non-hydrogen) atoms. The summed E-state index contributed by atoms with van der Waals surface area (Å²) in [5, 5.41) is 10.3. The zero-order chi connectivity index (χ0) is 21.7. The van der Waals surface area contributed by atoms with Gasteiger partial charge in [-0.25, -0.2) is 8.42 Å². The van der Waals surface area contributed by atoms with Gasteiger partial charge in [0, 0.05) is 18.3 Å². The van der Waals surface area contributed by atoms with Crippen molar-refractivity contribution >= 4 is 38.7 Å². The van der Waals surface area contributed by atoms with Crippen molar-refractivity contribution in [2.75, 3.05) is 30.0 Å². The number of hydrogen-bond donors (Lipinski definition) is 2. The van der Waals surface area contributed by atoms with Crippen molar-refractivity contribution in [3.63, 3.8) is 0 Å². The van der Waals surface area contributed by atoms with Gasteiger partial charge in [0.15, 0.2) is 5.11 Å². The fraction of sp³-hybridized carbons (Fsp3) is 0.211. The van der Waals surface area contributed by atoms with Gasteiger partial charge in [-0.1, -0.05) is 23.4 Å². The van der Waals surface area contributed by atoms with Gasteiger partial charge < -0.3 is 19.9 Å². The Bertz CT molecular complexity index is 1150. The highest BCUT2D eigenvalue weighted by molar-refractivity contribution is 7.92. The molecule has 9 nitrogen and oxygen atoms in total. The number of sulfonamides is 1. The fourth-order valence-corrected chi connectivity index (χ4v) is 3.19. The Balaban J connectivity index is 1.60. The number of nitrogens with one attached hydrogen (secondary N) is 2. The van der Waals surface area contributed by atoms with E-state index in [0.717, 1.165) is 11.8 Å². The van der Waals surface area contributed by atoms with Gasteiger partial charge >= 0.3 is 0 Å². The summed E-state index contributed by atoms with van der Waals surface area (Å²) in [4.78, 5) is 4.34. The van der Waals surface area contributed by atoms with Gasteiger partial charge in [0.1, 0.15) is 5.75 Å². The lowest BCUT2D eigenvalue weighted by Crippen LogP contribution is -2.28. The van der Waals surface area contributed by atoms with Crippen LogP contribution >= 0.6 is 12.2 Å². The molecular weight excluding hydrogens is 426 g/mol. The first-order valence-electron chi connectivity index (χ1n) is 8.82. The molecule has 158 valence electrons. The minimum absolute atomic E-state index is 0.228. The average molecular weight is 448 g/mol. The van der Waals surface area contributed by atoms with Crippen LogP contribution in [-0.4, -0.2) is 44.1 Å². The van der Waals surface area contributed by atoms with E-state index in [-0.39, 0.29) is 6.54 Å². The lowest BCUT2D eigenvalue weighted by molar-refractivity contribution is 0.376. The second kappa shape index (κ2) is 9.09. The quantitative estimate of drug-likeness (QED) is 0.528. The van der Waals surface area contributed by atoms with Crippen molar-refractivity contribution in [2.24, 2.45) is 0 Å². The van der Waals surface area contributed by atoms with Crippen LogP contribution in [0, 0.1) is 0 Å². The van der Waals surface area contributed by atoms with Gasteiger partial charge in [-0.2, -0.15) is 4.98 Å². The van der Waals surface area contributed by atoms with Crippen molar-refractivity contribution < 1.29 is 17.7 Å². The molecule has 0 saturated heterocycles. The summed E-state index contributed by atoms with van der Waals surface area (Å²) in [6.45, 7) is 0.228. The van der Waals surface area contributed by atoms with Gasteiger partial charge in [0.25, 0.3) is 0 Å². The summed E-state index contributed by atoms with van der Waals surface area (Å²) in [5.74, 6) is 1.51. The third-order valence-corrected chi connectivity index (χ3v) is 5.61. The normalized spacial score (nSPS) is 11.0. The number of methoxy groups -OCH3 is 1. The maximum absolute atomic E-state index is 11.7. The minimum Gasteiger partial charge on any atom is -0.497 e. The second-order valence-corrected chi connectivity index (χ2v) is 8.75. The first-order valence-corrected chi connectivity index (χ1v) is 11.1. The van der Waals surface area contributed by atoms with E-state index in [9.17, 15) is 8.42 Å². The van der Waals surface area contributed by atoms with E-state index in [4.69, 9.17) is 21.5 Å². The zero-order valence-corrected chi connectivity index (χ0v) is 18.3.